The first kappa shape index (κ1) is 21.7. The van der Waals surface area contributed by atoms with E-state index in [1.54, 1.807) is 0 Å². The van der Waals surface area contributed by atoms with Crippen molar-refractivity contribution in [2.75, 3.05) is 5.32 Å². The van der Waals surface area contributed by atoms with Crippen LogP contribution >= 0.6 is 12.2 Å². The number of sulfonamides is 1. The van der Waals surface area contributed by atoms with Crippen LogP contribution in [0.25, 0.3) is 10.9 Å². The molecule has 3 aromatic rings. The number of anilines is 1. The smallest absolute Gasteiger partial charge is 0.418 e. The number of aromatic nitrogens is 1. The minimum absolute atomic E-state index is 0.0151. The fourth-order valence-electron chi connectivity index (χ4n) is 2.86. The summed E-state index contributed by atoms with van der Waals surface area (Å²) in [5.74, 6) is -0.543. The number of primary sulfonamides is 1. The summed E-state index contributed by atoms with van der Waals surface area (Å²) in [4.78, 5) is -0.231. The lowest BCUT2D eigenvalue weighted by atomic mass is 10.1. The maximum atomic E-state index is 13.3. The molecule has 0 atom stereocenters. The van der Waals surface area contributed by atoms with E-state index in [1.807, 2.05) is 0 Å². The molecular formula is C17H14F3N5O3S2. The van der Waals surface area contributed by atoms with E-state index >= 15 is 0 Å². The molecular weight excluding hydrogens is 443 g/mol. The zero-order valence-electron chi connectivity index (χ0n) is 15.2. The van der Waals surface area contributed by atoms with E-state index in [0.717, 1.165) is 10.6 Å². The minimum atomic E-state index is -4.64. The van der Waals surface area contributed by atoms with Gasteiger partial charge in [-0.1, -0.05) is 24.3 Å². The van der Waals surface area contributed by atoms with Crippen molar-refractivity contribution in [2.45, 2.75) is 11.1 Å². The lowest BCUT2D eigenvalue weighted by molar-refractivity contribution is -0.136. The van der Waals surface area contributed by atoms with E-state index in [4.69, 9.17) is 17.4 Å². The molecule has 0 aliphatic carbocycles. The van der Waals surface area contributed by atoms with Crippen LogP contribution in [0, 0.1) is 0 Å². The summed E-state index contributed by atoms with van der Waals surface area (Å²) in [5.41, 5.74) is -1.38. The highest BCUT2D eigenvalue weighted by molar-refractivity contribution is 7.89. The summed E-state index contributed by atoms with van der Waals surface area (Å²) in [7, 11) is -2.79. The maximum Gasteiger partial charge on any atom is 0.418 e. The molecule has 0 saturated heterocycles. The van der Waals surface area contributed by atoms with Gasteiger partial charge in [-0.3, -0.25) is 0 Å². The number of nitrogens with zero attached hydrogens (tertiary/aromatic N) is 3. The molecule has 1 aromatic heterocycles. The van der Waals surface area contributed by atoms with Gasteiger partial charge in [-0.25, -0.2) is 13.6 Å². The van der Waals surface area contributed by atoms with Crippen LogP contribution in [-0.4, -0.2) is 23.2 Å². The number of fused-ring (bicyclic) bond motifs is 1. The van der Waals surface area contributed by atoms with Crippen molar-refractivity contribution in [3.8, 4) is 5.88 Å². The van der Waals surface area contributed by atoms with Gasteiger partial charge in [0.2, 0.25) is 21.0 Å². The van der Waals surface area contributed by atoms with Crippen LogP contribution in [-0.2, 0) is 23.2 Å². The molecule has 0 aliphatic rings. The number of thiocarbonyl (C=S) groups is 1. The van der Waals surface area contributed by atoms with Gasteiger partial charge < -0.3 is 15.0 Å². The maximum absolute atomic E-state index is 13.3. The highest BCUT2D eigenvalue weighted by atomic mass is 32.2. The topological polar surface area (TPSA) is 122 Å². The predicted molar refractivity (Wildman–Crippen MR) is 108 cm³/mol. The van der Waals surface area contributed by atoms with Gasteiger partial charge in [-0.15, -0.1) is 10.2 Å². The number of alkyl halides is 3. The first-order valence-electron chi connectivity index (χ1n) is 8.13. The molecule has 0 amide bonds. The number of aryl methyl sites for hydroxylation is 1. The molecule has 158 valence electrons. The third kappa shape index (κ3) is 4.13. The highest BCUT2D eigenvalue weighted by Crippen LogP contribution is 2.43. The summed E-state index contributed by atoms with van der Waals surface area (Å²) in [6, 6.07) is 9.07. The summed E-state index contributed by atoms with van der Waals surface area (Å²) in [6.07, 6.45) is -4.64. The fraction of sp³-hybridized carbons (Fsp3) is 0.118. The number of aromatic hydroxyl groups is 1. The van der Waals surface area contributed by atoms with E-state index in [-0.39, 0.29) is 32.3 Å². The second-order valence-electron chi connectivity index (χ2n) is 6.10. The molecule has 3 rings (SSSR count). The van der Waals surface area contributed by atoms with Gasteiger partial charge in [0, 0.05) is 12.4 Å². The molecule has 4 N–H and O–H groups in total. The Hall–Kier alpha value is -3.03. The van der Waals surface area contributed by atoms with Crippen molar-refractivity contribution < 1.29 is 26.7 Å². The summed E-state index contributed by atoms with van der Waals surface area (Å²) in [5, 5.41) is 25.1. The molecule has 30 heavy (non-hydrogen) atoms. The van der Waals surface area contributed by atoms with Gasteiger partial charge in [0.05, 0.1) is 16.8 Å². The average Bonchev–Trinajstić information content (AvgIpc) is 2.89. The Kier molecular flexibility index (Phi) is 5.54. The van der Waals surface area contributed by atoms with Crippen LogP contribution in [0.5, 0.6) is 5.88 Å². The predicted octanol–water partition coefficient (Wildman–Crippen LogP) is 4.03. The Bertz CT molecular complexity index is 1280. The van der Waals surface area contributed by atoms with Crippen LogP contribution < -0.4 is 10.5 Å². The third-order valence-electron chi connectivity index (χ3n) is 4.14. The number of rotatable bonds is 3. The molecule has 13 heteroatoms. The molecule has 0 bridgehead atoms. The standard InChI is InChI=1S/C17H14F3N5O3S2/c1-25-14-9(5-4-6-10(14)17(18,19)20)13(15(25)26)23-24-16(29)22-11-7-2-3-8-12(11)30(21,27)28/h2-8,26H,1H3,(H,22,29)(H2,21,27,28). The monoisotopic (exact) mass is 457 g/mol. The van der Waals surface area contributed by atoms with Crippen LogP contribution in [0.15, 0.2) is 57.6 Å². The quantitative estimate of drug-likeness (QED) is 0.405. The van der Waals surface area contributed by atoms with Crippen molar-refractivity contribution in [3.63, 3.8) is 0 Å². The molecule has 0 spiro atoms. The molecule has 2 aromatic carbocycles. The first-order valence-corrected chi connectivity index (χ1v) is 10.1. The normalized spacial score (nSPS) is 12.6. The Morgan fingerprint density at radius 2 is 1.87 bits per heavy atom. The van der Waals surface area contributed by atoms with Crippen LogP contribution in [0.1, 0.15) is 5.56 Å². The number of hydrogen-bond acceptors (Lipinski definition) is 5. The van der Waals surface area contributed by atoms with Gasteiger partial charge in [-0.05, 0) is 30.4 Å². The van der Waals surface area contributed by atoms with E-state index in [9.17, 15) is 26.7 Å². The number of para-hydroxylation sites is 2. The van der Waals surface area contributed by atoms with E-state index in [0.29, 0.717) is 0 Å². The minimum Gasteiger partial charge on any atom is -0.493 e. The van der Waals surface area contributed by atoms with E-state index in [2.05, 4.69) is 15.5 Å². The lowest BCUT2D eigenvalue weighted by Crippen LogP contribution is -2.16. The van der Waals surface area contributed by atoms with Gasteiger partial charge in [-0.2, -0.15) is 13.2 Å². The Morgan fingerprint density at radius 3 is 2.50 bits per heavy atom. The van der Waals surface area contributed by atoms with Crippen molar-refractivity contribution in [1.29, 1.82) is 0 Å². The molecule has 0 fully saturated rings. The number of benzene rings is 2. The first-order chi connectivity index (χ1) is 13.9. The second-order valence-corrected chi connectivity index (χ2v) is 8.02. The Morgan fingerprint density at radius 1 is 1.20 bits per heavy atom. The van der Waals surface area contributed by atoms with Gasteiger partial charge in [0.1, 0.15) is 4.90 Å². The van der Waals surface area contributed by atoms with E-state index in [1.165, 1.54) is 43.4 Å². The summed E-state index contributed by atoms with van der Waals surface area (Å²) in [6.45, 7) is 0. The van der Waals surface area contributed by atoms with Crippen molar-refractivity contribution >= 4 is 49.6 Å². The fourth-order valence-corrected chi connectivity index (χ4v) is 3.71. The average molecular weight is 457 g/mol. The summed E-state index contributed by atoms with van der Waals surface area (Å²) < 4.78 is 64.1. The molecule has 0 saturated carbocycles. The Balaban J connectivity index is 1.98. The largest absolute Gasteiger partial charge is 0.493 e. The van der Waals surface area contributed by atoms with Crippen molar-refractivity contribution in [3.05, 3.63) is 48.0 Å². The van der Waals surface area contributed by atoms with Crippen LogP contribution in [0.4, 0.5) is 24.5 Å². The lowest BCUT2D eigenvalue weighted by Gasteiger charge is -2.09. The zero-order chi connectivity index (χ0) is 22.3. The molecule has 0 aliphatic heterocycles. The van der Waals surface area contributed by atoms with Crippen LogP contribution in [0.2, 0.25) is 0 Å². The van der Waals surface area contributed by atoms with E-state index < -0.39 is 27.6 Å². The van der Waals surface area contributed by atoms with Gasteiger partial charge in [0.25, 0.3) is 0 Å². The molecule has 8 nitrogen and oxygen atoms in total. The van der Waals surface area contributed by atoms with Crippen molar-refractivity contribution in [2.24, 2.45) is 22.4 Å². The number of hydrogen-bond donors (Lipinski definition) is 3. The number of azo groups is 1. The molecule has 0 radical (unpaired) electrons. The van der Waals surface area contributed by atoms with Crippen molar-refractivity contribution in [1.82, 2.24) is 4.57 Å². The molecule has 1 heterocycles. The highest BCUT2D eigenvalue weighted by Gasteiger charge is 2.35. The third-order valence-corrected chi connectivity index (χ3v) is 5.29. The number of nitrogens with two attached hydrogens (primary N) is 1. The SMILES string of the molecule is Cn1c(O)c(N=NC(=S)Nc2ccccc2S(N)(=O)=O)c2cccc(C(F)(F)F)c21. The zero-order valence-corrected chi connectivity index (χ0v) is 16.8. The number of nitrogens with one attached hydrogen (secondary N) is 1. The molecule has 0 unspecified atom stereocenters. The summed E-state index contributed by atoms with van der Waals surface area (Å²) >= 11 is 5.00. The second kappa shape index (κ2) is 7.66. The Labute approximate surface area is 173 Å². The van der Waals surface area contributed by atoms with Crippen LogP contribution in [0.3, 0.4) is 0 Å². The van der Waals surface area contributed by atoms with Gasteiger partial charge >= 0.3 is 6.18 Å². The van der Waals surface area contributed by atoms with Gasteiger partial charge in [0.15, 0.2) is 5.69 Å². The number of halogens is 3.